The first-order valence-corrected chi connectivity index (χ1v) is 8.82. The van der Waals surface area contributed by atoms with Gasteiger partial charge in [-0.2, -0.15) is 4.98 Å². The number of esters is 1. The summed E-state index contributed by atoms with van der Waals surface area (Å²) < 4.78 is 25.0. The Labute approximate surface area is 168 Å². The lowest BCUT2D eigenvalue weighted by Crippen LogP contribution is -2.33. The number of benzene rings is 1. The van der Waals surface area contributed by atoms with Crippen molar-refractivity contribution in [3.8, 4) is 11.6 Å². The van der Waals surface area contributed by atoms with E-state index in [1.165, 1.54) is 24.1 Å². The maximum atomic E-state index is 14.0. The van der Waals surface area contributed by atoms with Gasteiger partial charge in [0, 0.05) is 11.5 Å². The van der Waals surface area contributed by atoms with Crippen molar-refractivity contribution in [1.82, 2.24) is 9.97 Å². The molecule has 0 saturated heterocycles. The van der Waals surface area contributed by atoms with Gasteiger partial charge in [0.25, 0.3) is 0 Å². The standard InChI is InChI=1S/C17H18BrFN4O5/c1-17(2,3)28-13(24)8-22(4)15-14(23(25)26)16(21-9-20-15)27-12-6-5-10(18)7-11(12)19/h5-7,9H,8H2,1-4H3. The van der Waals surface area contributed by atoms with Crippen molar-refractivity contribution in [2.45, 2.75) is 26.4 Å². The Morgan fingerprint density at radius 3 is 2.61 bits per heavy atom. The van der Waals surface area contributed by atoms with Crippen LogP contribution in [-0.4, -0.2) is 40.1 Å². The fourth-order valence-corrected chi connectivity index (χ4v) is 2.51. The van der Waals surface area contributed by atoms with Gasteiger partial charge in [-0.25, -0.2) is 9.37 Å². The molecule has 1 aromatic heterocycles. The van der Waals surface area contributed by atoms with Crippen molar-refractivity contribution in [3.63, 3.8) is 0 Å². The van der Waals surface area contributed by atoms with Crippen LogP contribution in [0.2, 0.25) is 0 Å². The van der Waals surface area contributed by atoms with Crippen molar-refractivity contribution in [3.05, 3.63) is 44.9 Å². The van der Waals surface area contributed by atoms with Crippen molar-refractivity contribution < 1.29 is 23.6 Å². The highest BCUT2D eigenvalue weighted by molar-refractivity contribution is 9.10. The van der Waals surface area contributed by atoms with E-state index in [9.17, 15) is 19.3 Å². The number of carbonyl (C=O) groups excluding carboxylic acids is 1. The van der Waals surface area contributed by atoms with Crippen molar-refractivity contribution in [1.29, 1.82) is 0 Å². The number of nitro groups is 1. The number of hydrogen-bond donors (Lipinski definition) is 0. The molecule has 0 unspecified atom stereocenters. The number of aromatic nitrogens is 2. The minimum absolute atomic E-state index is 0.168. The summed E-state index contributed by atoms with van der Waals surface area (Å²) in [6, 6.07) is 3.97. The van der Waals surface area contributed by atoms with E-state index in [0.717, 1.165) is 12.4 Å². The van der Waals surface area contributed by atoms with Crippen molar-refractivity contribution in [2.75, 3.05) is 18.5 Å². The summed E-state index contributed by atoms with van der Waals surface area (Å²) >= 11 is 3.11. The molecule has 0 bridgehead atoms. The molecule has 0 aliphatic heterocycles. The molecule has 1 heterocycles. The number of hydrogen-bond acceptors (Lipinski definition) is 8. The smallest absolute Gasteiger partial charge is 0.373 e. The van der Waals surface area contributed by atoms with Crippen LogP contribution in [-0.2, 0) is 9.53 Å². The van der Waals surface area contributed by atoms with E-state index in [1.54, 1.807) is 20.8 Å². The lowest BCUT2D eigenvalue weighted by molar-refractivity contribution is -0.385. The summed E-state index contributed by atoms with van der Waals surface area (Å²) in [7, 11) is 1.43. The van der Waals surface area contributed by atoms with Crippen LogP contribution in [0.25, 0.3) is 0 Å². The van der Waals surface area contributed by atoms with Gasteiger partial charge in [0.2, 0.25) is 5.82 Å². The van der Waals surface area contributed by atoms with Crippen LogP contribution in [0.5, 0.6) is 11.6 Å². The van der Waals surface area contributed by atoms with Crippen LogP contribution in [0, 0.1) is 15.9 Å². The third-order valence-corrected chi connectivity index (χ3v) is 3.69. The third-order valence-electron chi connectivity index (χ3n) is 3.20. The van der Waals surface area contributed by atoms with Gasteiger partial charge in [-0.05, 0) is 39.0 Å². The maximum Gasteiger partial charge on any atom is 0.373 e. The summed E-state index contributed by atoms with van der Waals surface area (Å²) in [5, 5.41) is 11.6. The van der Waals surface area contributed by atoms with E-state index in [-0.39, 0.29) is 18.1 Å². The largest absolute Gasteiger partial charge is 0.459 e. The normalized spacial score (nSPS) is 11.1. The highest BCUT2D eigenvalue weighted by Gasteiger charge is 2.29. The third kappa shape index (κ3) is 5.59. The number of nitrogens with zero attached hydrogens (tertiary/aromatic N) is 4. The molecule has 0 aliphatic rings. The number of carbonyl (C=O) groups is 1. The topological polar surface area (TPSA) is 108 Å². The molecule has 1 aromatic carbocycles. The molecule has 0 spiro atoms. The fourth-order valence-electron chi connectivity index (χ4n) is 2.17. The van der Waals surface area contributed by atoms with E-state index in [2.05, 4.69) is 25.9 Å². The fraction of sp³-hybridized carbons (Fsp3) is 0.353. The quantitative estimate of drug-likeness (QED) is 0.366. The summed E-state index contributed by atoms with van der Waals surface area (Å²) in [6.07, 6.45) is 1.03. The Morgan fingerprint density at radius 2 is 2.04 bits per heavy atom. The molecule has 11 heteroatoms. The number of rotatable bonds is 6. The van der Waals surface area contributed by atoms with Gasteiger partial charge >= 0.3 is 17.5 Å². The van der Waals surface area contributed by atoms with Crippen molar-refractivity contribution in [2.24, 2.45) is 0 Å². The Hall–Kier alpha value is -2.82. The predicted molar refractivity (Wildman–Crippen MR) is 102 cm³/mol. The summed E-state index contributed by atoms with van der Waals surface area (Å²) in [5.74, 6) is -2.19. The van der Waals surface area contributed by atoms with Gasteiger partial charge in [-0.1, -0.05) is 15.9 Å². The van der Waals surface area contributed by atoms with Gasteiger partial charge in [-0.15, -0.1) is 0 Å². The van der Waals surface area contributed by atoms with Gasteiger partial charge in [-0.3, -0.25) is 14.9 Å². The van der Waals surface area contributed by atoms with Crippen LogP contribution in [0.1, 0.15) is 20.8 Å². The highest BCUT2D eigenvalue weighted by Crippen LogP contribution is 2.36. The van der Waals surface area contributed by atoms with Gasteiger partial charge in [0.15, 0.2) is 11.6 Å². The zero-order chi connectivity index (χ0) is 21.1. The van der Waals surface area contributed by atoms with Crippen LogP contribution in [0.4, 0.5) is 15.9 Å². The monoisotopic (exact) mass is 456 g/mol. The molecule has 0 fully saturated rings. The Kier molecular flexibility index (Phi) is 6.49. The highest BCUT2D eigenvalue weighted by atomic mass is 79.9. The molecule has 2 aromatic rings. The molecule has 0 atom stereocenters. The predicted octanol–water partition coefficient (Wildman–Crippen LogP) is 3.86. The SMILES string of the molecule is CN(CC(=O)OC(C)(C)C)c1ncnc(Oc2ccc(Br)cc2F)c1[N+](=O)[O-]. The summed E-state index contributed by atoms with van der Waals surface area (Å²) in [6.45, 7) is 4.82. The van der Waals surface area contributed by atoms with E-state index >= 15 is 0 Å². The number of anilines is 1. The Bertz CT molecular complexity index is 904. The van der Waals surface area contributed by atoms with Gasteiger partial charge in [0.1, 0.15) is 18.5 Å². The summed E-state index contributed by atoms with van der Waals surface area (Å²) in [5.41, 5.74) is -1.31. The van der Waals surface area contributed by atoms with E-state index < -0.39 is 33.9 Å². The zero-order valence-corrected chi connectivity index (χ0v) is 17.2. The van der Waals surface area contributed by atoms with Crippen LogP contribution in [0.15, 0.2) is 29.0 Å². The number of halogens is 2. The number of ether oxygens (including phenoxy) is 2. The van der Waals surface area contributed by atoms with E-state index in [1.807, 2.05) is 0 Å². The van der Waals surface area contributed by atoms with E-state index in [0.29, 0.717) is 4.47 Å². The second kappa shape index (κ2) is 8.46. The molecule has 150 valence electrons. The van der Waals surface area contributed by atoms with Crippen molar-refractivity contribution >= 4 is 33.4 Å². The maximum absolute atomic E-state index is 14.0. The molecule has 0 N–H and O–H groups in total. The van der Waals surface area contributed by atoms with Crippen LogP contribution in [0.3, 0.4) is 0 Å². The first-order valence-electron chi connectivity index (χ1n) is 8.03. The minimum atomic E-state index is -0.757. The average Bonchev–Trinajstić information content (AvgIpc) is 2.55. The molecule has 0 saturated carbocycles. The minimum Gasteiger partial charge on any atom is -0.459 e. The molecular weight excluding hydrogens is 439 g/mol. The van der Waals surface area contributed by atoms with Crippen LogP contribution < -0.4 is 9.64 Å². The molecule has 9 nitrogen and oxygen atoms in total. The Morgan fingerprint density at radius 1 is 1.36 bits per heavy atom. The molecule has 2 rings (SSSR count). The molecule has 0 aliphatic carbocycles. The average molecular weight is 457 g/mol. The van der Waals surface area contributed by atoms with Crippen LogP contribution >= 0.6 is 15.9 Å². The molecular formula is C17H18BrFN4O5. The zero-order valence-electron chi connectivity index (χ0n) is 15.6. The first-order chi connectivity index (χ1) is 13.0. The Balaban J connectivity index is 2.34. The summed E-state index contributed by atoms with van der Waals surface area (Å²) in [4.78, 5) is 31.7. The van der Waals surface area contributed by atoms with Gasteiger partial charge < -0.3 is 14.4 Å². The lowest BCUT2D eigenvalue weighted by Gasteiger charge is -2.23. The number of likely N-dealkylation sites (N-methyl/N-ethyl adjacent to an activating group) is 1. The van der Waals surface area contributed by atoms with E-state index in [4.69, 9.17) is 9.47 Å². The molecule has 28 heavy (non-hydrogen) atoms. The second-order valence-corrected chi connectivity index (χ2v) is 7.64. The molecule has 0 amide bonds. The second-order valence-electron chi connectivity index (χ2n) is 6.73. The molecule has 0 radical (unpaired) electrons. The van der Waals surface area contributed by atoms with Gasteiger partial charge in [0.05, 0.1) is 4.92 Å². The first kappa shape index (κ1) is 21.5. The lowest BCUT2D eigenvalue weighted by atomic mass is 10.2.